The van der Waals surface area contributed by atoms with Crippen molar-refractivity contribution in [1.29, 1.82) is 0 Å². The summed E-state index contributed by atoms with van der Waals surface area (Å²) >= 11 is 0. The van der Waals surface area contributed by atoms with Gasteiger partial charge in [0.15, 0.2) is 12.0 Å². The molecule has 3 nitrogen and oxygen atoms in total. The first-order valence-electron chi connectivity index (χ1n) is 7.64. The zero-order chi connectivity index (χ0) is 16.4. The molecule has 1 aromatic heterocycles. The Labute approximate surface area is 139 Å². The fraction of sp³-hybridized carbons (Fsp3) is 0. The Morgan fingerprint density at radius 3 is 2.25 bits per heavy atom. The number of carbonyl (C=O) groups is 1. The largest absolute Gasteiger partial charge is 0.457 e. The second-order valence-corrected chi connectivity index (χ2v) is 5.46. The normalized spacial score (nSPS) is 10.7. The van der Waals surface area contributed by atoms with Crippen LogP contribution in [0.5, 0.6) is 11.5 Å². The van der Waals surface area contributed by atoms with Crippen molar-refractivity contribution in [1.82, 2.24) is 0 Å². The van der Waals surface area contributed by atoms with Crippen LogP contribution in [-0.4, -0.2) is 6.29 Å². The van der Waals surface area contributed by atoms with Crippen LogP contribution in [0.4, 0.5) is 0 Å². The number of furan rings is 1. The van der Waals surface area contributed by atoms with Crippen molar-refractivity contribution in [3.05, 3.63) is 84.6 Å². The number of carbonyl (C=O) groups excluding carboxylic acids is 1. The Hall–Kier alpha value is -3.33. The van der Waals surface area contributed by atoms with Crippen molar-refractivity contribution in [2.24, 2.45) is 0 Å². The van der Waals surface area contributed by atoms with E-state index >= 15 is 0 Å². The van der Waals surface area contributed by atoms with E-state index in [2.05, 4.69) is 12.1 Å². The van der Waals surface area contributed by atoms with Crippen LogP contribution in [0.3, 0.4) is 0 Å². The molecule has 4 aromatic rings. The van der Waals surface area contributed by atoms with Gasteiger partial charge in [0.2, 0.25) is 0 Å². The monoisotopic (exact) mass is 314 g/mol. The molecule has 116 valence electrons. The van der Waals surface area contributed by atoms with E-state index in [0.717, 1.165) is 22.4 Å². The molecule has 0 N–H and O–H groups in total. The summed E-state index contributed by atoms with van der Waals surface area (Å²) in [6.07, 6.45) is 0.695. The van der Waals surface area contributed by atoms with Crippen LogP contribution >= 0.6 is 0 Å². The number of aldehydes is 1. The van der Waals surface area contributed by atoms with Crippen LogP contribution in [-0.2, 0) is 0 Å². The summed E-state index contributed by atoms with van der Waals surface area (Å²) in [7, 11) is 0. The Kier molecular flexibility index (Phi) is 3.60. The summed E-state index contributed by atoms with van der Waals surface area (Å²) in [4.78, 5) is 10.7. The summed E-state index contributed by atoms with van der Waals surface area (Å²) in [6, 6.07) is 25.2. The van der Waals surface area contributed by atoms with Crippen LogP contribution in [0.1, 0.15) is 10.6 Å². The highest BCUT2D eigenvalue weighted by Crippen LogP contribution is 2.28. The molecule has 0 aliphatic heterocycles. The summed E-state index contributed by atoms with van der Waals surface area (Å²) in [5.41, 5.74) is 0.897. The molecule has 0 spiro atoms. The second kappa shape index (κ2) is 6.05. The first-order valence-corrected chi connectivity index (χ1v) is 7.64. The fourth-order valence-corrected chi connectivity index (χ4v) is 2.63. The van der Waals surface area contributed by atoms with Gasteiger partial charge in [-0.3, -0.25) is 4.79 Å². The second-order valence-electron chi connectivity index (χ2n) is 5.46. The van der Waals surface area contributed by atoms with Crippen molar-refractivity contribution in [3.63, 3.8) is 0 Å². The molecule has 3 heteroatoms. The van der Waals surface area contributed by atoms with E-state index in [4.69, 9.17) is 9.15 Å². The summed E-state index contributed by atoms with van der Waals surface area (Å²) < 4.78 is 11.3. The van der Waals surface area contributed by atoms with Crippen LogP contribution in [0.2, 0.25) is 0 Å². The molecule has 4 rings (SSSR count). The predicted molar refractivity (Wildman–Crippen MR) is 93.6 cm³/mol. The number of hydrogen-bond donors (Lipinski definition) is 0. The van der Waals surface area contributed by atoms with E-state index in [1.54, 1.807) is 12.1 Å². The maximum absolute atomic E-state index is 10.7. The highest BCUT2D eigenvalue weighted by Gasteiger charge is 2.05. The minimum absolute atomic E-state index is 0.321. The zero-order valence-electron chi connectivity index (χ0n) is 12.8. The number of benzene rings is 3. The average Bonchev–Trinajstić information content (AvgIpc) is 3.11. The van der Waals surface area contributed by atoms with Gasteiger partial charge < -0.3 is 9.15 Å². The van der Waals surface area contributed by atoms with Gasteiger partial charge in [-0.05, 0) is 59.3 Å². The maximum atomic E-state index is 10.7. The molecule has 0 bridgehead atoms. The van der Waals surface area contributed by atoms with Gasteiger partial charge in [-0.15, -0.1) is 0 Å². The van der Waals surface area contributed by atoms with Crippen molar-refractivity contribution in [3.8, 4) is 22.8 Å². The Balaban J connectivity index is 1.56. The number of ether oxygens (including phenoxy) is 1. The molecule has 0 fully saturated rings. The highest BCUT2D eigenvalue weighted by atomic mass is 16.5. The van der Waals surface area contributed by atoms with E-state index < -0.39 is 0 Å². The maximum Gasteiger partial charge on any atom is 0.185 e. The lowest BCUT2D eigenvalue weighted by molar-refractivity contribution is 0.110. The third-order valence-electron chi connectivity index (χ3n) is 3.84. The van der Waals surface area contributed by atoms with Crippen molar-refractivity contribution >= 4 is 17.1 Å². The Morgan fingerprint density at radius 1 is 0.750 bits per heavy atom. The average molecular weight is 314 g/mol. The van der Waals surface area contributed by atoms with Crippen molar-refractivity contribution in [2.45, 2.75) is 0 Å². The van der Waals surface area contributed by atoms with Gasteiger partial charge in [-0.1, -0.05) is 30.3 Å². The molecule has 3 aromatic carbocycles. The smallest absolute Gasteiger partial charge is 0.185 e. The molecule has 0 radical (unpaired) electrons. The molecule has 0 amide bonds. The molecule has 0 saturated carbocycles. The molecular formula is C21H14O3. The summed E-state index contributed by atoms with van der Waals surface area (Å²) in [5, 5.41) is 2.33. The van der Waals surface area contributed by atoms with Gasteiger partial charge in [0.25, 0.3) is 0 Å². The van der Waals surface area contributed by atoms with Crippen LogP contribution in [0.25, 0.3) is 22.1 Å². The topological polar surface area (TPSA) is 39.4 Å². The molecule has 0 aliphatic rings. The van der Waals surface area contributed by atoms with Gasteiger partial charge in [0, 0.05) is 5.56 Å². The molecule has 0 aliphatic carbocycles. The minimum Gasteiger partial charge on any atom is -0.457 e. The van der Waals surface area contributed by atoms with Gasteiger partial charge in [-0.2, -0.15) is 0 Å². The molecular weight excluding hydrogens is 300 g/mol. The SMILES string of the molecule is O=Cc1ccc(-c2ccc(Oc3ccc4ccccc4c3)cc2)o1. The molecule has 24 heavy (non-hydrogen) atoms. The van der Waals surface area contributed by atoms with Crippen molar-refractivity contribution in [2.75, 3.05) is 0 Å². The number of rotatable bonds is 4. The van der Waals surface area contributed by atoms with E-state index in [0.29, 0.717) is 17.8 Å². The van der Waals surface area contributed by atoms with E-state index in [9.17, 15) is 4.79 Å². The third kappa shape index (κ3) is 2.79. The van der Waals surface area contributed by atoms with Gasteiger partial charge in [0.05, 0.1) is 0 Å². The lowest BCUT2D eigenvalue weighted by Gasteiger charge is -2.07. The molecule has 1 heterocycles. The zero-order valence-corrected chi connectivity index (χ0v) is 12.8. The quantitative estimate of drug-likeness (QED) is 0.453. The van der Waals surface area contributed by atoms with Crippen LogP contribution < -0.4 is 4.74 Å². The van der Waals surface area contributed by atoms with Crippen LogP contribution in [0, 0.1) is 0 Å². The first kappa shape index (κ1) is 14.3. The van der Waals surface area contributed by atoms with Gasteiger partial charge >= 0.3 is 0 Å². The highest BCUT2D eigenvalue weighted by molar-refractivity contribution is 5.83. The number of fused-ring (bicyclic) bond motifs is 1. The molecule has 0 atom stereocenters. The van der Waals surface area contributed by atoms with Crippen LogP contribution in [0.15, 0.2) is 83.3 Å². The minimum atomic E-state index is 0.321. The molecule has 0 saturated heterocycles. The van der Waals surface area contributed by atoms with E-state index in [-0.39, 0.29) is 0 Å². The predicted octanol–water partition coefficient (Wildman–Crippen LogP) is 5.70. The lowest BCUT2D eigenvalue weighted by Crippen LogP contribution is -1.84. The number of hydrogen-bond acceptors (Lipinski definition) is 3. The standard InChI is InChI=1S/C21H14O3/c22-14-20-11-12-21(24-20)16-6-8-18(9-7-16)23-19-10-5-15-3-1-2-4-17(15)13-19/h1-14H. The lowest BCUT2D eigenvalue weighted by atomic mass is 10.1. The Morgan fingerprint density at radius 2 is 1.50 bits per heavy atom. The Bertz CT molecular complexity index is 997. The third-order valence-corrected chi connectivity index (χ3v) is 3.84. The molecule has 0 unspecified atom stereocenters. The van der Waals surface area contributed by atoms with E-state index in [1.165, 1.54) is 5.39 Å². The summed E-state index contributed by atoms with van der Waals surface area (Å²) in [5.74, 6) is 2.52. The summed E-state index contributed by atoms with van der Waals surface area (Å²) in [6.45, 7) is 0. The van der Waals surface area contributed by atoms with Crippen molar-refractivity contribution < 1.29 is 13.9 Å². The fourth-order valence-electron chi connectivity index (χ4n) is 2.63. The van der Waals surface area contributed by atoms with Gasteiger partial charge in [0.1, 0.15) is 17.3 Å². The van der Waals surface area contributed by atoms with Gasteiger partial charge in [-0.25, -0.2) is 0 Å². The first-order chi connectivity index (χ1) is 11.8. The van der Waals surface area contributed by atoms with E-state index in [1.807, 2.05) is 54.6 Å².